The molecule has 0 aliphatic carbocycles. The number of rotatable bonds is 6. The van der Waals surface area contributed by atoms with E-state index in [9.17, 15) is 0 Å². The molecule has 106 valence electrons. The molecule has 7 heteroatoms. The average molecular weight is 287 g/mol. The highest BCUT2D eigenvalue weighted by molar-refractivity contribution is 6.29. The second-order valence-electron chi connectivity index (χ2n) is 4.31. The van der Waals surface area contributed by atoms with Crippen molar-refractivity contribution in [3.8, 4) is 0 Å². The van der Waals surface area contributed by atoms with Crippen molar-refractivity contribution < 1.29 is 9.47 Å². The second-order valence-corrected chi connectivity index (χ2v) is 4.69. The van der Waals surface area contributed by atoms with Crippen LogP contribution in [0.2, 0.25) is 5.15 Å². The molecule has 1 aromatic rings. The molecule has 1 aliphatic heterocycles. The van der Waals surface area contributed by atoms with Gasteiger partial charge in [0, 0.05) is 39.4 Å². The zero-order chi connectivity index (χ0) is 13.5. The van der Waals surface area contributed by atoms with E-state index in [0.29, 0.717) is 17.6 Å². The quantitative estimate of drug-likeness (QED) is 0.788. The van der Waals surface area contributed by atoms with E-state index in [1.54, 1.807) is 13.2 Å². The summed E-state index contributed by atoms with van der Waals surface area (Å²) in [6, 6.07) is 1.72. The Kier molecular flexibility index (Phi) is 5.78. The lowest BCUT2D eigenvalue weighted by Crippen LogP contribution is -2.39. The summed E-state index contributed by atoms with van der Waals surface area (Å²) < 4.78 is 10.3. The molecule has 19 heavy (non-hydrogen) atoms. The molecule has 0 amide bonds. The molecule has 0 unspecified atom stereocenters. The van der Waals surface area contributed by atoms with Crippen LogP contribution in [0.15, 0.2) is 6.07 Å². The lowest BCUT2D eigenvalue weighted by atomic mass is 10.4. The monoisotopic (exact) mass is 286 g/mol. The van der Waals surface area contributed by atoms with Crippen molar-refractivity contribution in [1.82, 2.24) is 14.9 Å². The number of ether oxygens (including phenoxy) is 2. The van der Waals surface area contributed by atoms with E-state index in [-0.39, 0.29) is 0 Å². The van der Waals surface area contributed by atoms with Crippen molar-refractivity contribution in [2.24, 2.45) is 0 Å². The standard InChI is InChI=1S/C12H19ClN4O2/c1-18-9-12-15-10(13)8-11(16-12)14-2-3-17-4-6-19-7-5-17/h8H,2-7,9H2,1H3,(H,14,15,16). The van der Waals surface area contributed by atoms with Gasteiger partial charge in [-0.3, -0.25) is 4.90 Å². The van der Waals surface area contributed by atoms with Crippen LogP contribution in [0.25, 0.3) is 0 Å². The van der Waals surface area contributed by atoms with E-state index in [2.05, 4.69) is 20.2 Å². The highest BCUT2D eigenvalue weighted by atomic mass is 35.5. The number of methoxy groups -OCH3 is 1. The first-order valence-electron chi connectivity index (χ1n) is 6.34. The first-order chi connectivity index (χ1) is 9.28. The van der Waals surface area contributed by atoms with Gasteiger partial charge in [0.15, 0.2) is 5.82 Å². The molecule has 0 spiro atoms. The number of halogens is 1. The van der Waals surface area contributed by atoms with Gasteiger partial charge in [0.1, 0.15) is 17.6 Å². The fourth-order valence-electron chi connectivity index (χ4n) is 1.92. The Hall–Kier alpha value is -0.950. The van der Waals surface area contributed by atoms with E-state index in [1.165, 1.54) is 0 Å². The number of anilines is 1. The Balaban J connectivity index is 1.81. The van der Waals surface area contributed by atoms with Gasteiger partial charge in [-0.15, -0.1) is 0 Å². The number of nitrogens with one attached hydrogen (secondary N) is 1. The van der Waals surface area contributed by atoms with Gasteiger partial charge < -0.3 is 14.8 Å². The van der Waals surface area contributed by atoms with Crippen LogP contribution in [0.5, 0.6) is 0 Å². The third kappa shape index (κ3) is 4.91. The molecule has 1 N–H and O–H groups in total. The van der Waals surface area contributed by atoms with Crippen LogP contribution < -0.4 is 5.32 Å². The smallest absolute Gasteiger partial charge is 0.158 e. The normalized spacial score (nSPS) is 16.5. The summed E-state index contributed by atoms with van der Waals surface area (Å²) in [7, 11) is 1.61. The fourth-order valence-corrected chi connectivity index (χ4v) is 2.12. The van der Waals surface area contributed by atoms with Gasteiger partial charge >= 0.3 is 0 Å². The Morgan fingerprint density at radius 2 is 2.21 bits per heavy atom. The second kappa shape index (κ2) is 7.59. The Morgan fingerprint density at radius 1 is 1.42 bits per heavy atom. The summed E-state index contributed by atoms with van der Waals surface area (Å²) in [5.41, 5.74) is 0. The summed E-state index contributed by atoms with van der Waals surface area (Å²) in [6.45, 7) is 5.75. The maximum atomic E-state index is 5.94. The number of aromatic nitrogens is 2. The van der Waals surface area contributed by atoms with Gasteiger partial charge in [0.25, 0.3) is 0 Å². The number of hydrogen-bond donors (Lipinski definition) is 1. The molecule has 1 aliphatic rings. The van der Waals surface area contributed by atoms with E-state index < -0.39 is 0 Å². The molecular formula is C12H19ClN4O2. The zero-order valence-electron chi connectivity index (χ0n) is 11.1. The van der Waals surface area contributed by atoms with Crippen molar-refractivity contribution in [3.05, 3.63) is 17.0 Å². The van der Waals surface area contributed by atoms with Crippen LogP contribution in [-0.4, -0.2) is 61.4 Å². The molecule has 0 aromatic carbocycles. The summed E-state index contributed by atoms with van der Waals surface area (Å²) in [4.78, 5) is 10.8. The molecule has 0 bridgehead atoms. The average Bonchev–Trinajstić information content (AvgIpc) is 2.40. The van der Waals surface area contributed by atoms with Crippen LogP contribution in [0, 0.1) is 0 Å². The summed E-state index contributed by atoms with van der Waals surface area (Å²) in [5, 5.41) is 3.68. The highest BCUT2D eigenvalue weighted by Crippen LogP contribution is 2.11. The Bertz CT molecular complexity index is 399. The molecule has 0 atom stereocenters. The largest absolute Gasteiger partial charge is 0.379 e. The topological polar surface area (TPSA) is 59.5 Å². The molecule has 1 aromatic heterocycles. The zero-order valence-corrected chi connectivity index (χ0v) is 11.8. The first-order valence-corrected chi connectivity index (χ1v) is 6.72. The van der Waals surface area contributed by atoms with Crippen LogP contribution in [0.1, 0.15) is 5.82 Å². The van der Waals surface area contributed by atoms with Crippen molar-refractivity contribution in [2.45, 2.75) is 6.61 Å². The predicted octanol–water partition coefficient (Wildman–Crippen LogP) is 1.02. The molecule has 2 rings (SSSR count). The molecule has 2 heterocycles. The number of morpholine rings is 1. The van der Waals surface area contributed by atoms with E-state index in [0.717, 1.165) is 45.2 Å². The van der Waals surface area contributed by atoms with Gasteiger partial charge in [-0.1, -0.05) is 11.6 Å². The van der Waals surface area contributed by atoms with Crippen molar-refractivity contribution in [2.75, 3.05) is 51.8 Å². The molecule has 0 radical (unpaired) electrons. The summed E-state index contributed by atoms with van der Waals surface area (Å²) in [5.74, 6) is 1.32. The minimum atomic E-state index is 0.360. The number of hydrogen-bond acceptors (Lipinski definition) is 6. The van der Waals surface area contributed by atoms with Crippen LogP contribution in [0.3, 0.4) is 0 Å². The molecule has 1 fully saturated rings. The lowest BCUT2D eigenvalue weighted by Gasteiger charge is -2.26. The summed E-state index contributed by atoms with van der Waals surface area (Å²) >= 11 is 5.94. The first kappa shape index (κ1) is 14.5. The molecule has 6 nitrogen and oxygen atoms in total. The Labute approximate surface area is 118 Å². The fraction of sp³-hybridized carbons (Fsp3) is 0.667. The Morgan fingerprint density at radius 3 is 2.95 bits per heavy atom. The van der Waals surface area contributed by atoms with Crippen molar-refractivity contribution >= 4 is 17.4 Å². The van der Waals surface area contributed by atoms with E-state index in [4.69, 9.17) is 21.1 Å². The maximum Gasteiger partial charge on any atom is 0.158 e. The lowest BCUT2D eigenvalue weighted by molar-refractivity contribution is 0.0398. The number of nitrogens with zero attached hydrogens (tertiary/aromatic N) is 3. The minimum absolute atomic E-state index is 0.360. The van der Waals surface area contributed by atoms with Gasteiger partial charge in [0.2, 0.25) is 0 Å². The third-order valence-electron chi connectivity index (χ3n) is 2.85. The third-order valence-corrected chi connectivity index (χ3v) is 3.05. The maximum absolute atomic E-state index is 5.94. The van der Waals surface area contributed by atoms with Gasteiger partial charge in [-0.2, -0.15) is 0 Å². The van der Waals surface area contributed by atoms with Gasteiger partial charge in [-0.05, 0) is 0 Å². The summed E-state index contributed by atoms with van der Waals surface area (Å²) in [6.07, 6.45) is 0. The van der Waals surface area contributed by atoms with Crippen LogP contribution in [0.4, 0.5) is 5.82 Å². The molecule has 0 saturated carbocycles. The SMILES string of the molecule is COCc1nc(Cl)cc(NCCN2CCOCC2)n1. The van der Waals surface area contributed by atoms with E-state index in [1.807, 2.05) is 0 Å². The van der Waals surface area contributed by atoms with Gasteiger partial charge in [-0.25, -0.2) is 9.97 Å². The van der Waals surface area contributed by atoms with Crippen molar-refractivity contribution in [3.63, 3.8) is 0 Å². The van der Waals surface area contributed by atoms with Crippen LogP contribution in [-0.2, 0) is 16.1 Å². The highest BCUT2D eigenvalue weighted by Gasteiger charge is 2.09. The molecular weight excluding hydrogens is 268 g/mol. The molecule has 1 saturated heterocycles. The minimum Gasteiger partial charge on any atom is -0.379 e. The van der Waals surface area contributed by atoms with Crippen molar-refractivity contribution in [1.29, 1.82) is 0 Å². The van der Waals surface area contributed by atoms with E-state index >= 15 is 0 Å². The van der Waals surface area contributed by atoms with Crippen LogP contribution >= 0.6 is 11.6 Å². The van der Waals surface area contributed by atoms with Gasteiger partial charge in [0.05, 0.1) is 13.2 Å². The predicted molar refractivity (Wildman–Crippen MR) is 73.5 cm³/mol.